The summed E-state index contributed by atoms with van der Waals surface area (Å²) >= 11 is 0. The predicted octanol–water partition coefficient (Wildman–Crippen LogP) is 8.67. The van der Waals surface area contributed by atoms with Crippen LogP contribution in [0, 0.1) is 11.3 Å². The van der Waals surface area contributed by atoms with Crippen LogP contribution in [0.5, 0.6) is 0 Å². The van der Waals surface area contributed by atoms with Crippen molar-refractivity contribution in [2.24, 2.45) is 0 Å². The quantitative estimate of drug-likeness (QED) is 0.201. The molecule has 0 saturated carbocycles. The van der Waals surface area contributed by atoms with Crippen LogP contribution in [0.25, 0.3) is 54.5 Å². The van der Waals surface area contributed by atoms with Gasteiger partial charge in [0.15, 0.2) is 0 Å². The summed E-state index contributed by atoms with van der Waals surface area (Å²) in [5.41, 5.74) is 6.88. The van der Waals surface area contributed by atoms with Gasteiger partial charge in [0.05, 0.1) is 22.8 Å². The first-order valence-corrected chi connectivity index (χ1v) is 12.2. The van der Waals surface area contributed by atoms with Gasteiger partial charge in [-0.3, -0.25) is 0 Å². The summed E-state index contributed by atoms with van der Waals surface area (Å²) in [6.07, 6.45) is 2.28. The number of nitrogens with zero attached hydrogens (tertiary/aromatic N) is 2. The van der Waals surface area contributed by atoms with Crippen LogP contribution in [0.15, 0.2) is 72.8 Å². The second-order valence-electron chi connectivity index (χ2n) is 9.85. The second-order valence-corrected chi connectivity index (χ2v) is 9.85. The summed E-state index contributed by atoms with van der Waals surface area (Å²) in [7, 11) is 0. The zero-order valence-corrected chi connectivity index (χ0v) is 19.4. The maximum atomic E-state index is 9.30. The number of benzene rings is 5. The molecule has 0 saturated heterocycles. The number of hydrogen-bond donors (Lipinski definition) is 0. The summed E-state index contributed by atoms with van der Waals surface area (Å²) in [6.45, 7) is 4.67. The Labute approximate surface area is 198 Å². The summed E-state index contributed by atoms with van der Waals surface area (Å²) in [6, 6.07) is 28.2. The number of aromatic nitrogens is 1. The van der Waals surface area contributed by atoms with Crippen molar-refractivity contribution >= 4 is 43.2 Å². The molecule has 2 nitrogen and oxygen atoms in total. The van der Waals surface area contributed by atoms with E-state index in [0.717, 1.165) is 23.2 Å². The van der Waals surface area contributed by atoms with Crippen molar-refractivity contribution in [3.05, 3.63) is 89.5 Å². The molecular formula is C32H24N2. The molecule has 5 aromatic carbocycles. The van der Waals surface area contributed by atoms with Crippen LogP contribution >= 0.6 is 0 Å². The van der Waals surface area contributed by atoms with Crippen molar-refractivity contribution in [1.29, 1.82) is 5.26 Å². The fourth-order valence-electron chi connectivity index (χ4n) is 6.47. The molecule has 2 unspecified atom stereocenters. The van der Waals surface area contributed by atoms with Crippen LogP contribution in [0.4, 0.5) is 0 Å². The molecule has 1 aromatic heterocycles. The monoisotopic (exact) mass is 436 g/mol. The van der Waals surface area contributed by atoms with Gasteiger partial charge in [-0.2, -0.15) is 5.26 Å². The van der Waals surface area contributed by atoms with Gasteiger partial charge >= 0.3 is 0 Å². The Balaban J connectivity index is 1.67. The third kappa shape index (κ3) is 2.53. The molecule has 1 aliphatic rings. The summed E-state index contributed by atoms with van der Waals surface area (Å²) in [5.74, 6) is 1.01. The molecule has 6 aromatic rings. The molecule has 0 aliphatic heterocycles. The van der Waals surface area contributed by atoms with Crippen LogP contribution in [0.2, 0.25) is 0 Å². The van der Waals surface area contributed by atoms with Crippen LogP contribution in [0.3, 0.4) is 0 Å². The minimum atomic E-state index is 0.496. The van der Waals surface area contributed by atoms with E-state index >= 15 is 0 Å². The van der Waals surface area contributed by atoms with Gasteiger partial charge in [-0.15, -0.1) is 0 Å². The van der Waals surface area contributed by atoms with Crippen LogP contribution in [-0.4, -0.2) is 4.98 Å². The van der Waals surface area contributed by atoms with Crippen molar-refractivity contribution in [3.8, 4) is 17.3 Å². The number of hydrogen-bond acceptors (Lipinski definition) is 2. The number of pyridine rings is 1. The van der Waals surface area contributed by atoms with Crippen molar-refractivity contribution in [3.63, 3.8) is 0 Å². The fraction of sp³-hybridized carbons (Fsp3) is 0.188. The Morgan fingerprint density at radius 2 is 1.59 bits per heavy atom. The lowest BCUT2D eigenvalue weighted by atomic mass is 9.88. The van der Waals surface area contributed by atoms with E-state index in [1.807, 2.05) is 12.1 Å². The molecule has 0 bridgehead atoms. The van der Waals surface area contributed by atoms with Crippen molar-refractivity contribution < 1.29 is 0 Å². The minimum Gasteiger partial charge on any atom is -0.247 e. The lowest BCUT2D eigenvalue weighted by Crippen LogP contribution is -2.01. The zero-order chi connectivity index (χ0) is 23.0. The summed E-state index contributed by atoms with van der Waals surface area (Å²) in [4.78, 5) is 5.43. The Kier molecular flexibility index (Phi) is 4.03. The highest BCUT2D eigenvalue weighted by molar-refractivity contribution is 6.28. The first kappa shape index (κ1) is 19.5. The van der Waals surface area contributed by atoms with E-state index in [1.54, 1.807) is 0 Å². The lowest BCUT2D eigenvalue weighted by molar-refractivity contribution is 0.604. The van der Waals surface area contributed by atoms with Gasteiger partial charge in [0.1, 0.15) is 0 Å². The maximum absolute atomic E-state index is 9.30. The predicted molar refractivity (Wildman–Crippen MR) is 142 cm³/mol. The second kappa shape index (κ2) is 7.02. The molecule has 2 heteroatoms. The Bertz CT molecular complexity index is 1770. The smallest absolute Gasteiger partial charge is 0.0991 e. The molecular weight excluding hydrogens is 412 g/mol. The largest absolute Gasteiger partial charge is 0.247 e. The topological polar surface area (TPSA) is 36.7 Å². The van der Waals surface area contributed by atoms with Crippen molar-refractivity contribution in [1.82, 2.24) is 4.98 Å². The van der Waals surface area contributed by atoms with Gasteiger partial charge in [-0.05, 0) is 80.9 Å². The maximum Gasteiger partial charge on any atom is 0.0991 e. The van der Waals surface area contributed by atoms with Crippen molar-refractivity contribution in [2.75, 3.05) is 0 Å². The molecule has 34 heavy (non-hydrogen) atoms. The zero-order valence-electron chi connectivity index (χ0n) is 19.4. The van der Waals surface area contributed by atoms with Gasteiger partial charge in [0.2, 0.25) is 0 Å². The lowest BCUT2D eigenvalue weighted by Gasteiger charge is -2.19. The molecule has 0 radical (unpaired) electrons. The van der Waals surface area contributed by atoms with Gasteiger partial charge in [-0.1, -0.05) is 68.4 Å². The summed E-state index contributed by atoms with van der Waals surface area (Å²) < 4.78 is 0. The molecule has 0 N–H and O–H groups in total. The van der Waals surface area contributed by atoms with Crippen LogP contribution in [0.1, 0.15) is 55.2 Å². The average molecular weight is 437 g/mol. The van der Waals surface area contributed by atoms with Crippen LogP contribution in [-0.2, 0) is 0 Å². The van der Waals surface area contributed by atoms with Gasteiger partial charge in [0, 0.05) is 16.3 Å². The first-order chi connectivity index (χ1) is 16.7. The minimum absolute atomic E-state index is 0.496. The molecule has 1 heterocycles. The third-order valence-corrected chi connectivity index (χ3v) is 8.00. The summed E-state index contributed by atoms with van der Waals surface area (Å²) in [5, 5.41) is 18.4. The third-order valence-electron chi connectivity index (χ3n) is 8.00. The molecule has 7 rings (SSSR count). The van der Waals surface area contributed by atoms with E-state index in [4.69, 9.17) is 4.98 Å². The SMILES string of the molecule is CCC1CC(C)c2c1c(-c1ccc(C#N)cc1)nc1c2cc2ccc3cccc4ccc1c2c34. The van der Waals surface area contributed by atoms with E-state index in [2.05, 4.69) is 80.6 Å². The molecule has 0 spiro atoms. The highest BCUT2D eigenvalue weighted by Gasteiger charge is 2.33. The molecule has 2 atom stereocenters. The number of nitriles is 1. The highest BCUT2D eigenvalue weighted by atomic mass is 14.7. The van der Waals surface area contributed by atoms with E-state index < -0.39 is 0 Å². The Morgan fingerprint density at radius 3 is 2.32 bits per heavy atom. The molecule has 1 aliphatic carbocycles. The Morgan fingerprint density at radius 1 is 0.853 bits per heavy atom. The normalized spacial score (nSPS) is 17.7. The van der Waals surface area contributed by atoms with Gasteiger partial charge in [0.25, 0.3) is 0 Å². The van der Waals surface area contributed by atoms with Gasteiger partial charge < -0.3 is 0 Å². The first-order valence-electron chi connectivity index (χ1n) is 12.2. The van der Waals surface area contributed by atoms with Crippen molar-refractivity contribution in [2.45, 2.75) is 38.5 Å². The average Bonchev–Trinajstić information content (AvgIpc) is 3.23. The van der Waals surface area contributed by atoms with E-state index in [-0.39, 0.29) is 0 Å². The highest BCUT2D eigenvalue weighted by Crippen LogP contribution is 2.51. The standard InChI is InChI=1S/C32H24N2/c1-3-20-15-18(2)27-26-16-24-12-11-21-5-4-6-22-13-14-25(29(24)28(21)22)32(26)34-31(30(20)27)23-9-7-19(17-33)8-10-23/h4-14,16,18,20H,3,15H2,1-2H3. The van der Waals surface area contributed by atoms with E-state index in [0.29, 0.717) is 17.4 Å². The Hall–Kier alpha value is -3.96. The molecule has 0 amide bonds. The molecule has 162 valence electrons. The van der Waals surface area contributed by atoms with E-state index in [1.165, 1.54) is 55.3 Å². The van der Waals surface area contributed by atoms with E-state index in [9.17, 15) is 5.26 Å². The number of rotatable bonds is 2. The van der Waals surface area contributed by atoms with Crippen LogP contribution < -0.4 is 0 Å². The number of fused-ring (bicyclic) bond motifs is 4. The fourth-order valence-corrected chi connectivity index (χ4v) is 6.47. The van der Waals surface area contributed by atoms with Gasteiger partial charge in [-0.25, -0.2) is 4.98 Å². The molecule has 0 fully saturated rings.